The van der Waals surface area contributed by atoms with Crippen molar-refractivity contribution >= 4 is 21.4 Å². The number of anilines is 2. The van der Waals surface area contributed by atoms with Crippen LogP contribution in [-0.4, -0.2) is 18.6 Å². The first-order chi connectivity index (χ1) is 9.35. The minimum atomic E-state index is -3.78. The van der Waals surface area contributed by atoms with Gasteiger partial charge in [-0.25, -0.2) is 8.42 Å². The second kappa shape index (κ2) is 4.86. The molecule has 0 saturated heterocycles. The highest BCUT2D eigenvalue weighted by Gasteiger charge is 2.23. The van der Waals surface area contributed by atoms with E-state index < -0.39 is 10.0 Å². The number of nitrogen functional groups attached to an aromatic ring is 1. The van der Waals surface area contributed by atoms with Gasteiger partial charge in [0.2, 0.25) is 0 Å². The quantitative estimate of drug-likeness (QED) is 0.735. The van der Waals surface area contributed by atoms with E-state index in [1.54, 1.807) is 13.8 Å². The van der Waals surface area contributed by atoms with Crippen molar-refractivity contribution in [3.05, 3.63) is 35.2 Å². The maximum atomic E-state index is 12.3. The average Bonchev–Trinajstić information content (AvgIpc) is 2.72. The molecule has 8 heteroatoms. The van der Waals surface area contributed by atoms with Crippen LogP contribution in [-0.2, 0) is 10.0 Å². The minimum absolute atomic E-state index is 0.0984. The van der Waals surface area contributed by atoms with Crippen LogP contribution in [0, 0.1) is 25.2 Å². The number of hydrogen-bond donors (Lipinski definition) is 3. The predicted octanol–water partition coefficient (Wildman–Crippen LogP) is 1.28. The van der Waals surface area contributed by atoms with E-state index in [-0.39, 0.29) is 16.3 Å². The molecule has 0 aliphatic heterocycles. The van der Waals surface area contributed by atoms with E-state index in [1.807, 2.05) is 6.07 Å². The Balaban J connectivity index is 2.42. The van der Waals surface area contributed by atoms with Gasteiger partial charge in [-0.3, -0.25) is 9.82 Å². The molecule has 1 aromatic heterocycles. The van der Waals surface area contributed by atoms with E-state index >= 15 is 0 Å². The van der Waals surface area contributed by atoms with Gasteiger partial charge < -0.3 is 5.73 Å². The molecule has 20 heavy (non-hydrogen) atoms. The number of rotatable bonds is 3. The zero-order valence-corrected chi connectivity index (χ0v) is 11.7. The molecule has 0 bridgehead atoms. The molecule has 104 valence electrons. The van der Waals surface area contributed by atoms with Crippen LogP contribution in [0.4, 0.5) is 11.4 Å². The Hall–Kier alpha value is -2.53. The van der Waals surface area contributed by atoms with Gasteiger partial charge in [0.05, 0.1) is 34.4 Å². The third-order valence-corrected chi connectivity index (χ3v) is 4.38. The summed E-state index contributed by atoms with van der Waals surface area (Å²) in [4.78, 5) is 0.0984. The lowest BCUT2D eigenvalue weighted by atomic mass is 10.2. The summed E-state index contributed by atoms with van der Waals surface area (Å²) in [6, 6.07) is 6.28. The van der Waals surface area contributed by atoms with Crippen LogP contribution in [0.2, 0.25) is 0 Å². The first kappa shape index (κ1) is 13.9. The number of nitrogens with one attached hydrogen (secondary N) is 2. The van der Waals surface area contributed by atoms with Crippen molar-refractivity contribution in [2.45, 2.75) is 18.7 Å². The predicted molar refractivity (Wildman–Crippen MR) is 74.4 cm³/mol. The van der Waals surface area contributed by atoms with Crippen LogP contribution >= 0.6 is 0 Å². The Morgan fingerprint density at radius 1 is 1.40 bits per heavy atom. The molecule has 1 heterocycles. The smallest absolute Gasteiger partial charge is 0.265 e. The van der Waals surface area contributed by atoms with E-state index in [2.05, 4.69) is 14.9 Å². The highest BCUT2D eigenvalue weighted by atomic mass is 32.2. The van der Waals surface area contributed by atoms with E-state index in [9.17, 15) is 8.42 Å². The van der Waals surface area contributed by atoms with Gasteiger partial charge in [-0.1, -0.05) is 0 Å². The van der Waals surface area contributed by atoms with Crippen molar-refractivity contribution in [2.24, 2.45) is 0 Å². The van der Waals surface area contributed by atoms with Crippen molar-refractivity contribution < 1.29 is 8.42 Å². The number of H-pyrrole nitrogens is 1. The number of benzene rings is 1. The van der Waals surface area contributed by atoms with Crippen LogP contribution in [0.5, 0.6) is 0 Å². The standard InChI is InChI=1S/C12H13N5O2S/c1-7-12(8(2)16-15-7)20(18,19)17-11-4-3-9(6-13)5-10(11)14/h3-5,17H,14H2,1-2H3,(H,15,16). The molecule has 1 aromatic carbocycles. The summed E-state index contributed by atoms with van der Waals surface area (Å²) in [6.07, 6.45) is 0. The Kier molecular flexibility index (Phi) is 3.38. The van der Waals surface area contributed by atoms with Crippen LogP contribution in [0.1, 0.15) is 17.0 Å². The average molecular weight is 291 g/mol. The summed E-state index contributed by atoms with van der Waals surface area (Å²) in [6.45, 7) is 3.22. The lowest BCUT2D eigenvalue weighted by molar-refractivity contribution is 0.600. The molecule has 0 amide bonds. The van der Waals surface area contributed by atoms with Crippen LogP contribution < -0.4 is 10.5 Å². The van der Waals surface area contributed by atoms with Crippen LogP contribution in [0.15, 0.2) is 23.1 Å². The fourth-order valence-electron chi connectivity index (χ4n) is 1.86. The largest absolute Gasteiger partial charge is 0.397 e. The zero-order valence-electron chi connectivity index (χ0n) is 10.9. The molecule has 0 saturated carbocycles. The first-order valence-corrected chi connectivity index (χ1v) is 7.17. The van der Waals surface area contributed by atoms with Gasteiger partial charge in [0.15, 0.2) is 0 Å². The fraction of sp³-hybridized carbons (Fsp3) is 0.167. The Bertz CT molecular complexity index is 782. The first-order valence-electron chi connectivity index (χ1n) is 5.69. The number of aromatic nitrogens is 2. The molecule has 0 aliphatic rings. The summed E-state index contributed by atoms with van der Waals surface area (Å²) in [5.41, 5.74) is 7.33. The highest BCUT2D eigenvalue weighted by Crippen LogP contribution is 2.25. The monoisotopic (exact) mass is 291 g/mol. The zero-order chi connectivity index (χ0) is 14.9. The fourth-order valence-corrected chi connectivity index (χ4v) is 3.32. The molecule has 0 radical (unpaired) electrons. The third-order valence-electron chi connectivity index (χ3n) is 2.75. The van der Waals surface area contributed by atoms with Crippen molar-refractivity contribution in [3.8, 4) is 6.07 Å². The summed E-state index contributed by atoms with van der Waals surface area (Å²) < 4.78 is 27.0. The van der Waals surface area contributed by atoms with Crippen molar-refractivity contribution in [3.63, 3.8) is 0 Å². The number of sulfonamides is 1. The Morgan fingerprint density at radius 3 is 2.60 bits per heavy atom. The SMILES string of the molecule is Cc1n[nH]c(C)c1S(=O)(=O)Nc1ccc(C#N)cc1N. The molecule has 0 spiro atoms. The molecule has 4 N–H and O–H groups in total. The molecule has 2 rings (SSSR count). The van der Waals surface area contributed by atoms with Gasteiger partial charge in [0.1, 0.15) is 4.90 Å². The van der Waals surface area contributed by atoms with E-state index in [0.29, 0.717) is 17.0 Å². The maximum Gasteiger partial charge on any atom is 0.265 e. The van der Waals surface area contributed by atoms with Gasteiger partial charge in [-0.2, -0.15) is 10.4 Å². The Labute approximate surface area is 116 Å². The number of nitrogens with two attached hydrogens (primary N) is 1. The van der Waals surface area contributed by atoms with Crippen molar-refractivity contribution in [1.29, 1.82) is 5.26 Å². The maximum absolute atomic E-state index is 12.3. The molecular formula is C12H13N5O2S. The number of hydrogen-bond acceptors (Lipinski definition) is 5. The molecule has 2 aromatic rings. The molecule has 7 nitrogen and oxygen atoms in total. The summed E-state index contributed by atoms with van der Waals surface area (Å²) in [7, 11) is -3.78. The number of aromatic amines is 1. The number of nitrogens with zero attached hydrogens (tertiary/aromatic N) is 2. The molecule has 0 unspecified atom stereocenters. The number of nitriles is 1. The van der Waals surface area contributed by atoms with Gasteiger partial charge in [-0.05, 0) is 32.0 Å². The van der Waals surface area contributed by atoms with Gasteiger partial charge in [0.25, 0.3) is 10.0 Å². The molecule has 0 aliphatic carbocycles. The lowest BCUT2D eigenvalue weighted by Crippen LogP contribution is -2.15. The lowest BCUT2D eigenvalue weighted by Gasteiger charge is -2.10. The van der Waals surface area contributed by atoms with E-state index in [1.165, 1.54) is 18.2 Å². The van der Waals surface area contributed by atoms with Gasteiger partial charge >= 0.3 is 0 Å². The van der Waals surface area contributed by atoms with Crippen molar-refractivity contribution in [1.82, 2.24) is 10.2 Å². The van der Waals surface area contributed by atoms with Crippen LogP contribution in [0.3, 0.4) is 0 Å². The van der Waals surface area contributed by atoms with Gasteiger partial charge in [0, 0.05) is 0 Å². The highest BCUT2D eigenvalue weighted by molar-refractivity contribution is 7.92. The second-order valence-electron chi connectivity index (χ2n) is 4.28. The molecule has 0 atom stereocenters. The second-order valence-corrected chi connectivity index (χ2v) is 5.90. The normalized spacial score (nSPS) is 11.1. The summed E-state index contributed by atoms with van der Waals surface area (Å²) in [5, 5.41) is 15.2. The van der Waals surface area contributed by atoms with E-state index in [0.717, 1.165) is 0 Å². The number of aryl methyl sites for hydroxylation is 2. The molecule has 0 fully saturated rings. The topological polar surface area (TPSA) is 125 Å². The third kappa shape index (κ3) is 2.44. The van der Waals surface area contributed by atoms with Crippen LogP contribution in [0.25, 0.3) is 0 Å². The summed E-state index contributed by atoms with van der Waals surface area (Å²) in [5.74, 6) is 0. The van der Waals surface area contributed by atoms with Crippen molar-refractivity contribution in [2.75, 3.05) is 10.5 Å². The summed E-state index contributed by atoms with van der Waals surface area (Å²) >= 11 is 0. The van der Waals surface area contributed by atoms with E-state index in [4.69, 9.17) is 11.0 Å². The Morgan fingerprint density at radius 2 is 2.10 bits per heavy atom. The molecular weight excluding hydrogens is 278 g/mol. The van der Waals surface area contributed by atoms with Gasteiger partial charge in [-0.15, -0.1) is 0 Å². The minimum Gasteiger partial charge on any atom is -0.397 e.